The lowest BCUT2D eigenvalue weighted by Gasteiger charge is -2.31. The summed E-state index contributed by atoms with van der Waals surface area (Å²) in [5, 5.41) is 10.5. The second kappa shape index (κ2) is 8.01. The first-order chi connectivity index (χ1) is 14.7. The molecule has 0 radical (unpaired) electrons. The third-order valence-electron chi connectivity index (χ3n) is 5.62. The third kappa shape index (κ3) is 3.62. The van der Waals surface area contributed by atoms with E-state index in [1.807, 2.05) is 18.2 Å². The molecule has 0 saturated heterocycles. The van der Waals surface area contributed by atoms with Crippen LogP contribution in [0.4, 0.5) is 0 Å². The van der Waals surface area contributed by atoms with Crippen molar-refractivity contribution >= 4 is 11.3 Å². The normalized spacial score (nSPS) is 18.1. The van der Waals surface area contributed by atoms with E-state index in [-0.39, 0.29) is 6.10 Å². The topological polar surface area (TPSA) is 55.2 Å². The van der Waals surface area contributed by atoms with Crippen LogP contribution in [0.25, 0.3) is 32.3 Å². The lowest BCUT2D eigenvalue weighted by atomic mass is 9.77. The van der Waals surface area contributed by atoms with Crippen LogP contribution in [0.3, 0.4) is 0 Å². The Morgan fingerprint density at radius 3 is 2.27 bits per heavy atom. The highest BCUT2D eigenvalue weighted by Crippen LogP contribution is 2.42. The lowest BCUT2D eigenvalue weighted by Crippen LogP contribution is -2.26. The van der Waals surface area contributed by atoms with E-state index < -0.39 is 0 Å². The highest BCUT2D eigenvalue weighted by atomic mass is 32.1. The Balaban J connectivity index is 1.55. The van der Waals surface area contributed by atoms with Gasteiger partial charge in [0.2, 0.25) is 5.88 Å². The fourth-order valence-corrected chi connectivity index (χ4v) is 4.91. The van der Waals surface area contributed by atoms with Crippen LogP contribution in [-0.4, -0.2) is 28.3 Å². The number of nitrogens with zero attached hydrogens (tertiary/aromatic N) is 2. The average molecular weight is 415 g/mol. The number of hydrogen-bond acceptors (Lipinski definition) is 5. The van der Waals surface area contributed by atoms with Crippen molar-refractivity contribution in [3.8, 4) is 38.1 Å². The van der Waals surface area contributed by atoms with Gasteiger partial charge >= 0.3 is 0 Å². The molecule has 2 aromatic carbocycles. The van der Waals surface area contributed by atoms with Crippen molar-refractivity contribution in [1.82, 2.24) is 9.97 Å². The molecule has 30 heavy (non-hydrogen) atoms. The maximum absolute atomic E-state index is 9.60. The molecule has 1 N–H and O–H groups in total. The van der Waals surface area contributed by atoms with E-state index in [2.05, 4.69) is 53.5 Å². The molecule has 4 nitrogen and oxygen atoms in total. The standard InChI is InChI=1S/C25H22N2O2S/c1-29-22-12-11-19(15-26-22)25-27-23(24(30-25)18-5-3-2-4-6-18)17-9-7-16(8-10-17)20-13-21(28)14-20/h2-12,15,20-21,28H,13-14H2,1H3. The van der Waals surface area contributed by atoms with Gasteiger partial charge in [0.15, 0.2) is 0 Å². The van der Waals surface area contributed by atoms with E-state index in [1.165, 1.54) is 5.56 Å². The van der Waals surface area contributed by atoms with Crippen LogP contribution in [0.5, 0.6) is 5.88 Å². The van der Waals surface area contributed by atoms with E-state index in [9.17, 15) is 5.11 Å². The summed E-state index contributed by atoms with van der Waals surface area (Å²) < 4.78 is 5.18. The first-order valence-electron chi connectivity index (χ1n) is 10.1. The number of benzene rings is 2. The summed E-state index contributed by atoms with van der Waals surface area (Å²) in [6.07, 6.45) is 3.39. The van der Waals surface area contributed by atoms with E-state index in [0.717, 1.165) is 45.1 Å². The van der Waals surface area contributed by atoms with Crippen molar-refractivity contribution < 1.29 is 9.84 Å². The maximum Gasteiger partial charge on any atom is 0.212 e. The van der Waals surface area contributed by atoms with Gasteiger partial charge in [-0.25, -0.2) is 9.97 Å². The van der Waals surface area contributed by atoms with Crippen molar-refractivity contribution in [3.63, 3.8) is 0 Å². The van der Waals surface area contributed by atoms with Gasteiger partial charge in [-0.3, -0.25) is 0 Å². The molecular formula is C25H22N2O2S. The van der Waals surface area contributed by atoms with Crippen molar-refractivity contribution in [2.45, 2.75) is 24.9 Å². The molecule has 150 valence electrons. The summed E-state index contributed by atoms with van der Waals surface area (Å²) in [6.45, 7) is 0. The monoisotopic (exact) mass is 414 g/mol. The van der Waals surface area contributed by atoms with Crippen LogP contribution in [0, 0.1) is 0 Å². The number of methoxy groups -OCH3 is 1. The first kappa shape index (κ1) is 19.0. The molecule has 1 saturated carbocycles. The van der Waals surface area contributed by atoms with E-state index >= 15 is 0 Å². The van der Waals surface area contributed by atoms with Gasteiger partial charge in [0.1, 0.15) is 5.01 Å². The molecule has 2 heterocycles. The minimum atomic E-state index is -0.140. The van der Waals surface area contributed by atoms with Crippen LogP contribution in [0.15, 0.2) is 72.9 Å². The predicted molar refractivity (Wildman–Crippen MR) is 121 cm³/mol. The van der Waals surface area contributed by atoms with E-state index in [4.69, 9.17) is 9.72 Å². The Morgan fingerprint density at radius 1 is 0.900 bits per heavy atom. The molecule has 0 aliphatic heterocycles. The van der Waals surface area contributed by atoms with E-state index in [0.29, 0.717) is 11.8 Å². The van der Waals surface area contributed by atoms with Gasteiger partial charge < -0.3 is 9.84 Å². The van der Waals surface area contributed by atoms with E-state index in [1.54, 1.807) is 24.6 Å². The molecule has 0 atom stereocenters. The summed E-state index contributed by atoms with van der Waals surface area (Å²) in [4.78, 5) is 10.5. The molecule has 1 aliphatic rings. The fraction of sp³-hybridized carbons (Fsp3) is 0.200. The molecule has 1 fully saturated rings. The SMILES string of the molecule is COc1ccc(-c2nc(-c3ccc(C4CC(O)C4)cc3)c(-c3ccccc3)s2)cn1. The van der Waals surface area contributed by atoms with Gasteiger partial charge in [0.05, 0.1) is 23.8 Å². The Labute approximate surface area is 179 Å². The Morgan fingerprint density at radius 2 is 1.63 bits per heavy atom. The van der Waals surface area contributed by atoms with Gasteiger partial charge in [-0.2, -0.15) is 0 Å². The van der Waals surface area contributed by atoms with Crippen LogP contribution in [0.1, 0.15) is 24.3 Å². The molecule has 0 bridgehead atoms. The van der Waals surface area contributed by atoms with Gasteiger partial charge in [-0.15, -0.1) is 11.3 Å². The number of pyridine rings is 1. The number of aromatic nitrogens is 2. The molecule has 0 spiro atoms. The zero-order chi connectivity index (χ0) is 20.5. The second-order valence-electron chi connectivity index (χ2n) is 7.60. The minimum absolute atomic E-state index is 0.140. The van der Waals surface area contributed by atoms with Gasteiger partial charge in [0.25, 0.3) is 0 Å². The molecule has 4 aromatic rings. The summed E-state index contributed by atoms with van der Waals surface area (Å²) >= 11 is 1.68. The van der Waals surface area contributed by atoms with Crippen molar-refractivity contribution in [3.05, 3.63) is 78.5 Å². The number of rotatable bonds is 5. The molecule has 5 rings (SSSR count). The zero-order valence-corrected chi connectivity index (χ0v) is 17.5. The minimum Gasteiger partial charge on any atom is -0.481 e. The number of hydrogen-bond donors (Lipinski definition) is 1. The Bertz CT molecular complexity index is 1130. The van der Waals surface area contributed by atoms with Crippen LogP contribution >= 0.6 is 11.3 Å². The lowest BCUT2D eigenvalue weighted by molar-refractivity contribution is 0.0746. The third-order valence-corrected chi connectivity index (χ3v) is 6.78. The molecule has 2 aromatic heterocycles. The van der Waals surface area contributed by atoms with Gasteiger partial charge in [-0.1, -0.05) is 54.6 Å². The van der Waals surface area contributed by atoms with Gasteiger partial charge in [-0.05, 0) is 36.0 Å². The second-order valence-corrected chi connectivity index (χ2v) is 8.60. The number of thiazole rings is 1. The number of aliphatic hydroxyl groups is 1. The molecule has 1 aliphatic carbocycles. The quantitative estimate of drug-likeness (QED) is 0.449. The summed E-state index contributed by atoms with van der Waals surface area (Å²) in [5.74, 6) is 1.06. The first-order valence-corrected chi connectivity index (χ1v) is 10.9. The molecule has 0 unspecified atom stereocenters. The predicted octanol–water partition coefficient (Wildman–Crippen LogP) is 5.79. The largest absolute Gasteiger partial charge is 0.481 e. The summed E-state index contributed by atoms with van der Waals surface area (Å²) in [6, 6.07) is 22.9. The smallest absolute Gasteiger partial charge is 0.212 e. The highest BCUT2D eigenvalue weighted by Gasteiger charge is 2.28. The molecule has 0 amide bonds. The summed E-state index contributed by atoms with van der Waals surface area (Å²) in [5.41, 5.74) is 5.51. The molecular weight excluding hydrogens is 392 g/mol. The van der Waals surface area contributed by atoms with Crippen molar-refractivity contribution in [2.24, 2.45) is 0 Å². The average Bonchev–Trinajstić information content (AvgIpc) is 3.23. The highest BCUT2D eigenvalue weighted by molar-refractivity contribution is 7.19. The number of aliphatic hydroxyl groups excluding tert-OH is 1. The Kier molecular flexibility index (Phi) is 5.07. The van der Waals surface area contributed by atoms with Crippen molar-refractivity contribution in [1.29, 1.82) is 0 Å². The molecule has 5 heteroatoms. The summed E-state index contributed by atoms with van der Waals surface area (Å²) in [7, 11) is 1.62. The maximum atomic E-state index is 9.60. The van der Waals surface area contributed by atoms with Crippen molar-refractivity contribution in [2.75, 3.05) is 7.11 Å². The number of ether oxygens (including phenoxy) is 1. The zero-order valence-electron chi connectivity index (χ0n) is 16.7. The van der Waals surface area contributed by atoms with Gasteiger partial charge in [0, 0.05) is 23.4 Å². The van der Waals surface area contributed by atoms with Crippen LogP contribution in [-0.2, 0) is 0 Å². The fourth-order valence-electron chi connectivity index (χ4n) is 3.83. The van der Waals surface area contributed by atoms with Crippen LogP contribution < -0.4 is 4.74 Å². The Hall–Kier alpha value is -3.02. The van der Waals surface area contributed by atoms with Crippen LogP contribution in [0.2, 0.25) is 0 Å².